The van der Waals surface area contributed by atoms with Crippen LogP contribution in [0.3, 0.4) is 0 Å². The minimum atomic E-state index is -0.0134. The zero-order chi connectivity index (χ0) is 9.26. The van der Waals surface area contributed by atoms with Crippen LogP contribution in [0.2, 0.25) is 0 Å². The summed E-state index contributed by atoms with van der Waals surface area (Å²) in [6, 6.07) is 8.47. The van der Waals surface area contributed by atoms with Crippen molar-refractivity contribution in [1.29, 1.82) is 5.26 Å². The Labute approximate surface area is 78.2 Å². The fourth-order valence-electron chi connectivity index (χ4n) is 1.80. The molecule has 0 saturated carbocycles. The molecule has 0 aliphatic carbocycles. The second-order valence-corrected chi connectivity index (χ2v) is 3.41. The van der Waals surface area contributed by atoms with Crippen molar-refractivity contribution in [2.75, 3.05) is 11.9 Å². The van der Waals surface area contributed by atoms with E-state index in [2.05, 4.69) is 17.5 Å². The first kappa shape index (κ1) is 8.12. The first-order valence-corrected chi connectivity index (χ1v) is 4.58. The lowest BCUT2D eigenvalue weighted by molar-refractivity contribution is 0.983. The van der Waals surface area contributed by atoms with Crippen LogP contribution in [0.15, 0.2) is 18.2 Å². The molecule has 0 saturated heterocycles. The van der Waals surface area contributed by atoms with E-state index in [-0.39, 0.29) is 5.92 Å². The number of hydrogen-bond donors (Lipinski definition) is 1. The van der Waals surface area contributed by atoms with E-state index in [9.17, 15) is 0 Å². The van der Waals surface area contributed by atoms with Crippen LogP contribution < -0.4 is 5.32 Å². The van der Waals surface area contributed by atoms with Crippen molar-refractivity contribution in [1.82, 2.24) is 0 Å². The highest BCUT2D eigenvalue weighted by molar-refractivity contribution is 5.62. The number of hydrogen-bond acceptors (Lipinski definition) is 2. The second kappa shape index (κ2) is 3.10. The number of benzene rings is 1. The van der Waals surface area contributed by atoms with E-state index in [0.29, 0.717) is 0 Å². The van der Waals surface area contributed by atoms with E-state index in [1.807, 2.05) is 19.1 Å². The molecule has 1 aromatic rings. The van der Waals surface area contributed by atoms with Crippen LogP contribution in [-0.2, 0) is 6.42 Å². The molecule has 1 aromatic carbocycles. The minimum absolute atomic E-state index is 0.0134. The molecule has 0 fully saturated rings. The second-order valence-electron chi connectivity index (χ2n) is 3.41. The molecular weight excluding hydrogens is 160 g/mol. The van der Waals surface area contributed by atoms with Crippen molar-refractivity contribution < 1.29 is 0 Å². The average Bonchev–Trinajstić information content (AvgIpc) is 2.63. The summed E-state index contributed by atoms with van der Waals surface area (Å²) in [4.78, 5) is 0. The van der Waals surface area contributed by atoms with Crippen LogP contribution in [-0.4, -0.2) is 6.54 Å². The zero-order valence-electron chi connectivity index (χ0n) is 7.67. The molecular formula is C11H12N2. The van der Waals surface area contributed by atoms with Gasteiger partial charge < -0.3 is 5.32 Å². The van der Waals surface area contributed by atoms with Gasteiger partial charge in [0.2, 0.25) is 0 Å². The number of rotatable bonds is 1. The molecule has 1 N–H and O–H groups in total. The summed E-state index contributed by atoms with van der Waals surface area (Å²) >= 11 is 0. The minimum Gasteiger partial charge on any atom is -0.384 e. The van der Waals surface area contributed by atoms with Gasteiger partial charge in [-0.2, -0.15) is 5.26 Å². The number of nitrogens with one attached hydrogen (secondary N) is 1. The molecule has 1 heterocycles. The lowest BCUT2D eigenvalue weighted by atomic mass is 9.98. The fourth-order valence-corrected chi connectivity index (χ4v) is 1.80. The summed E-state index contributed by atoms with van der Waals surface area (Å²) in [5, 5.41) is 12.2. The highest BCUT2D eigenvalue weighted by Crippen LogP contribution is 2.31. The van der Waals surface area contributed by atoms with Crippen LogP contribution in [0.1, 0.15) is 24.0 Å². The molecule has 1 atom stereocenters. The van der Waals surface area contributed by atoms with Gasteiger partial charge in [-0.1, -0.05) is 18.2 Å². The van der Waals surface area contributed by atoms with E-state index in [1.165, 1.54) is 11.3 Å². The standard InChI is InChI=1S/C11H12N2/c1-8(7-12)10-4-2-3-9-5-6-13-11(9)10/h2-4,8,13H,5-6H2,1H3. The largest absolute Gasteiger partial charge is 0.384 e. The van der Waals surface area contributed by atoms with Crippen molar-refractivity contribution in [2.45, 2.75) is 19.3 Å². The van der Waals surface area contributed by atoms with Crippen LogP contribution in [0.5, 0.6) is 0 Å². The number of para-hydroxylation sites is 1. The van der Waals surface area contributed by atoms with E-state index in [4.69, 9.17) is 5.26 Å². The summed E-state index contributed by atoms with van der Waals surface area (Å²) in [7, 11) is 0. The quantitative estimate of drug-likeness (QED) is 0.705. The van der Waals surface area contributed by atoms with Gasteiger partial charge in [0.05, 0.1) is 12.0 Å². The Morgan fingerprint density at radius 2 is 2.38 bits per heavy atom. The summed E-state index contributed by atoms with van der Waals surface area (Å²) < 4.78 is 0. The van der Waals surface area contributed by atoms with Crippen molar-refractivity contribution in [2.24, 2.45) is 0 Å². The molecule has 2 nitrogen and oxygen atoms in total. The normalized spacial score (nSPS) is 15.7. The monoisotopic (exact) mass is 172 g/mol. The molecule has 0 radical (unpaired) electrons. The van der Waals surface area contributed by atoms with Crippen molar-refractivity contribution in [3.05, 3.63) is 29.3 Å². The van der Waals surface area contributed by atoms with Gasteiger partial charge in [0, 0.05) is 12.2 Å². The Balaban J connectivity index is 2.48. The molecule has 2 heteroatoms. The molecule has 2 rings (SSSR count). The topological polar surface area (TPSA) is 35.8 Å². The number of nitrogens with zero attached hydrogens (tertiary/aromatic N) is 1. The Morgan fingerprint density at radius 1 is 1.54 bits per heavy atom. The third kappa shape index (κ3) is 1.27. The summed E-state index contributed by atoms with van der Waals surface area (Å²) in [6.07, 6.45) is 1.08. The average molecular weight is 172 g/mol. The van der Waals surface area contributed by atoms with Gasteiger partial charge >= 0.3 is 0 Å². The predicted octanol–water partition coefficient (Wildman–Crippen LogP) is 2.28. The number of nitriles is 1. The third-order valence-corrected chi connectivity index (χ3v) is 2.54. The highest BCUT2D eigenvalue weighted by Gasteiger charge is 2.16. The Kier molecular flexibility index (Phi) is 1.94. The van der Waals surface area contributed by atoms with Gasteiger partial charge in [0.15, 0.2) is 0 Å². The van der Waals surface area contributed by atoms with Crippen molar-refractivity contribution in [3.8, 4) is 6.07 Å². The van der Waals surface area contributed by atoms with Crippen LogP contribution in [0, 0.1) is 11.3 Å². The van der Waals surface area contributed by atoms with Gasteiger partial charge in [-0.25, -0.2) is 0 Å². The third-order valence-electron chi connectivity index (χ3n) is 2.54. The summed E-state index contributed by atoms with van der Waals surface area (Å²) in [5.74, 6) is -0.0134. The molecule has 0 spiro atoms. The molecule has 0 aromatic heterocycles. The maximum absolute atomic E-state index is 8.84. The zero-order valence-corrected chi connectivity index (χ0v) is 7.67. The first-order chi connectivity index (χ1) is 6.33. The van der Waals surface area contributed by atoms with E-state index < -0.39 is 0 Å². The van der Waals surface area contributed by atoms with Crippen LogP contribution in [0.4, 0.5) is 5.69 Å². The maximum atomic E-state index is 8.84. The molecule has 13 heavy (non-hydrogen) atoms. The summed E-state index contributed by atoms with van der Waals surface area (Å²) in [6.45, 7) is 2.94. The lowest BCUT2D eigenvalue weighted by Gasteiger charge is -2.09. The maximum Gasteiger partial charge on any atom is 0.0704 e. The molecule has 66 valence electrons. The Hall–Kier alpha value is -1.49. The van der Waals surface area contributed by atoms with E-state index in [0.717, 1.165) is 18.5 Å². The van der Waals surface area contributed by atoms with Gasteiger partial charge in [0.25, 0.3) is 0 Å². The lowest BCUT2D eigenvalue weighted by Crippen LogP contribution is -1.97. The molecule has 1 unspecified atom stereocenters. The van der Waals surface area contributed by atoms with Gasteiger partial charge in [-0.3, -0.25) is 0 Å². The Bertz CT molecular complexity index is 363. The van der Waals surface area contributed by atoms with Crippen LogP contribution >= 0.6 is 0 Å². The van der Waals surface area contributed by atoms with Crippen molar-refractivity contribution in [3.63, 3.8) is 0 Å². The van der Waals surface area contributed by atoms with Gasteiger partial charge in [0.1, 0.15) is 0 Å². The number of fused-ring (bicyclic) bond motifs is 1. The molecule has 1 aliphatic heterocycles. The Morgan fingerprint density at radius 3 is 3.15 bits per heavy atom. The van der Waals surface area contributed by atoms with E-state index >= 15 is 0 Å². The van der Waals surface area contributed by atoms with E-state index in [1.54, 1.807) is 0 Å². The van der Waals surface area contributed by atoms with Gasteiger partial charge in [-0.15, -0.1) is 0 Å². The molecule has 0 bridgehead atoms. The van der Waals surface area contributed by atoms with Crippen molar-refractivity contribution >= 4 is 5.69 Å². The summed E-state index contributed by atoms with van der Waals surface area (Å²) in [5.41, 5.74) is 3.67. The SMILES string of the molecule is CC(C#N)c1cccc2c1NCC2. The van der Waals surface area contributed by atoms with Crippen LogP contribution in [0.25, 0.3) is 0 Å². The molecule has 1 aliphatic rings. The first-order valence-electron chi connectivity index (χ1n) is 4.58. The fraction of sp³-hybridized carbons (Fsp3) is 0.364. The highest BCUT2D eigenvalue weighted by atomic mass is 14.9. The number of anilines is 1. The molecule has 0 amide bonds. The smallest absolute Gasteiger partial charge is 0.0704 e. The van der Waals surface area contributed by atoms with Gasteiger partial charge in [-0.05, 0) is 24.5 Å². The predicted molar refractivity (Wildman–Crippen MR) is 52.7 cm³/mol.